The third-order valence-corrected chi connectivity index (χ3v) is 6.50. The largest absolute Gasteiger partial charge is 0.310 e. The van der Waals surface area contributed by atoms with Crippen molar-refractivity contribution in [1.82, 2.24) is 10.2 Å². The van der Waals surface area contributed by atoms with Gasteiger partial charge in [-0.25, -0.2) is 0 Å². The fraction of sp³-hybridized carbons (Fsp3) is 0.242. The average molecular weight is 477 g/mol. The molecule has 0 saturated heterocycles. The molecule has 4 aromatic rings. The number of rotatable bonds is 14. The van der Waals surface area contributed by atoms with E-state index in [4.69, 9.17) is 0 Å². The standard InChI is InChI=1S/C33H36N2O/c36-33(31-20-11-4-12-21-31)22-13-24-34-32(30-18-9-3-10-19-30)23-25-35(26-28-14-5-1-6-15-28)27-29-16-7-2-8-17-29/h1-12,14-21,32,34H,13,22-27H2. The fourth-order valence-corrected chi connectivity index (χ4v) is 4.57. The molecule has 1 unspecified atom stereocenters. The summed E-state index contributed by atoms with van der Waals surface area (Å²) in [5.41, 5.74) is 4.76. The van der Waals surface area contributed by atoms with Crippen LogP contribution in [0.15, 0.2) is 121 Å². The Morgan fingerprint density at radius 1 is 0.667 bits per heavy atom. The number of hydrogen-bond acceptors (Lipinski definition) is 3. The Kier molecular flexibility index (Phi) is 10.0. The first-order valence-electron chi connectivity index (χ1n) is 12.9. The Morgan fingerprint density at radius 3 is 1.72 bits per heavy atom. The lowest BCUT2D eigenvalue weighted by molar-refractivity contribution is 0.0979. The van der Waals surface area contributed by atoms with Crippen molar-refractivity contribution in [3.05, 3.63) is 144 Å². The zero-order valence-electron chi connectivity index (χ0n) is 20.9. The Labute approximate surface area is 215 Å². The first kappa shape index (κ1) is 25.6. The van der Waals surface area contributed by atoms with Gasteiger partial charge in [-0.1, -0.05) is 121 Å². The van der Waals surface area contributed by atoms with Crippen LogP contribution in [0.25, 0.3) is 0 Å². The molecule has 0 aromatic heterocycles. The van der Waals surface area contributed by atoms with Crippen molar-refractivity contribution >= 4 is 5.78 Å². The van der Waals surface area contributed by atoms with Gasteiger partial charge in [0.2, 0.25) is 0 Å². The SMILES string of the molecule is O=C(CCCNC(CCN(Cc1ccccc1)Cc1ccccc1)c1ccccc1)c1ccccc1. The van der Waals surface area contributed by atoms with Crippen molar-refractivity contribution < 1.29 is 4.79 Å². The molecule has 0 radical (unpaired) electrons. The Bertz CT molecular complexity index is 1110. The molecule has 0 fully saturated rings. The van der Waals surface area contributed by atoms with Crippen molar-refractivity contribution in [2.24, 2.45) is 0 Å². The van der Waals surface area contributed by atoms with Crippen molar-refractivity contribution in [3.8, 4) is 0 Å². The van der Waals surface area contributed by atoms with Crippen LogP contribution < -0.4 is 5.32 Å². The highest BCUT2D eigenvalue weighted by Crippen LogP contribution is 2.19. The van der Waals surface area contributed by atoms with Crippen LogP contribution in [0.5, 0.6) is 0 Å². The van der Waals surface area contributed by atoms with E-state index in [2.05, 4.69) is 101 Å². The van der Waals surface area contributed by atoms with E-state index in [-0.39, 0.29) is 11.8 Å². The van der Waals surface area contributed by atoms with E-state index in [9.17, 15) is 4.79 Å². The van der Waals surface area contributed by atoms with Gasteiger partial charge >= 0.3 is 0 Å². The number of nitrogens with zero attached hydrogens (tertiary/aromatic N) is 1. The van der Waals surface area contributed by atoms with E-state index < -0.39 is 0 Å². The summed E-state index contributed by atoms with van der Waals surface area (Å²) >= 11 is 0. The fourth-order valence-electron chi connectivity index (χ4n) is 4.57. The van der Waals surface area contributed by atoms with Crippen LogP contribution in [0.3, 0.4) is 0 Å². The minimum Gasteiger partial charge on any atom is -0.310 e. The quantitative estimate of drug-likeness (QED) is 0.156. The first-order chi connectivity index (χ1) is 17.8. The van der Waals surface area contributed by atoms with Crippen molar-refractivity contribution in [3.63, 3.8) is 0 Å². The summed E-state index contributed by atoms with van der Waals surface area (Å²) in [6, 6.07) is 41.9. The molecule has 1 atom stereocenters. The summed E-state index contributed by atoms with van der Waals surface area (Å²) in [5, 5.41) is 3.75. The molecule has 0 aliphatic heterocycles. The van der Waals surface area contributed by atoms with E-state index in [1.54, 1.807) is 0 Å². The molecule has 0 saturated carbocycles. The molecule has 0 bridgehead atoms. The molecular weight excluding hydrogens is 440 g/mol. The van der Waals surface area contributed by atoms with E-state index in [1.165, 1.54) is 16.7 Å². The van der Waals surface area contributed by atoms with Crippen LogP contribution in [0.4, 0.5) is 0 Å². The monoisotopic (exact) mass is 476 g/mol. The normalized spacial score (nSPS) is 11.9. The minimum atomic E-state index is 0.213. The van der Waals surface area contributed by atoms with Crippen LogP contribution >= 0.6 is 0 Å². The highest BCUT2D eigenvalue weighted by molar-refractivity contribution is 5.95. The van der Waals surface area contributed by atoms with Gasteiger partial charge in [0.1, 0.15) is 0 Å². The summed E-state index contributed by atoms with van der Waals surface area (Å²) in [5.74, 6) is 0.213. The highest BCUT2D eigenvalue weighted by atomic mass is 16.1. The van der Waals surface area contributed by atoms with Crippen LogP contribution in [0.2, 0.25) is 0 Å². The molecule has 4 aromatic carbocycles. The number of Topliss-reactive ketones (excluding diaryl/α,β-unsaturated/α-hetero) is 1. The maximum Gasteiger partial charge on any atom is 0.162 e. The summed E-state index contributed by atoms with van der Waals surface area (Å²) in [4.78, 5) is 15.0. The number of benzene rings is 4. The molecule has 0 amide bonds. The number of carbonyl (C=O) groups is 1. The van der Waals surface area contributed by atoms with Crippen molar-refractivity contribution in [1.29, 1.82) is 0 Å². The van der Waals surface area contributed by atoms with Gasteiger partial charge in [0.25, 0.3) is 0 Å². The lowest BCUT2D eigenvalue weighted by Gasteiger charge is -2.26. The lowest BCUT2D eigenvalue weighted by Crippen LogP contribution is -2.30. The van der Waals surface area contributed by atoms with E-state index >= 15 is 0 Å². The lowest BCUT2D eigenvalue weighted by atomic mass is 10.0. The van der Waals surface area contributed by atoms with E-state index in [0.29, 0.717) is 6.42 Å². The van der Waals surface area contributed by atoms with Gasteiger partial charge in [-0.05, 0) is 36.1 Å². The van der Waals surface area contributed by atoms with Crippen molar-refractivity contribution in [2.45, 2.75) is 38.4 Å². The summed E-state index contributed by atoms with van der Waals surface area (Å²) in [7, 11) is 0. The number of hydrogen-bond donors (Lipinski definition) is 1. The van der Waals surface area contributed by atoms with E-state index in [0.717, 1.165) is 44.6 Å². The van der Waals surface area contributed by atoms with Gasteiger partial charge in [0.15, 0.2) is 5.78 Å². The van der Waals surface area contributed by atoms with Gasteiger partial charge in [-0.3, -0.25) is 9.69 Å². The summed E-state index contributed by atoms with van der Waals surface area (Å²) < 4.78 is 0. The third-order valence-electron chi connectivity index (χ3n) is 6.50. The molecule has 1 N–H and O–H groups in total. The van der Waals surface area contributed by atoms with E-state index in [1.807, 2.05) is 30.3 Å². The van der Waals surface area contributed by atoms with Crippen LogP contribution in [0, 0.1) is 0 Å². The molecule has 3 nitrogen and oxygen atoms in total. The zero-order valence-corrected chi connectivity index (χ0v) is 20.9. The molecule has 0 heterocycles. The molecule has 36 heavy (non-hydrogen) atoms. The third kappa shape index (κ3) is 8.30. The molecule has 184 valence electrons. The Hall–Kier alpha value is -3.53. The smallest absolute Gasteiger partial charge is 0.162 e. The topological polar surface area (TPSA) is 32.3 Å². The second kappa shape index (κ2) is 14.1. The maximum atomic E-state index is 12.5. The zero-order chi connectivity index (χ0) is 24.8. The molecular formula is C33H36N2O. The first-order valence-corrected chi connectivity index (χ1v) is 12.9. The number of carbonyl (C=O) groups excluding carboxylic acids is 1. The summed E-state index contributed by atoms with van der Waals surface area (Å²) in [6.07, 6.45) is 2.39. The highest BCUT2D eigenvalue weighted by Gasteiger charge is 2.15. The Balaban J connectivity index is 1.37. The molecule has 3 heteroatoms. The van der Waals surface area contributed by atoms with Crippen LogP contribution in [-0.2, 0) is 13.1 Å². The van der Waals surface area contributed by atoms with Crippen LogP contribution in [0.1, 0.15) is 52.4 Å². The maximum absolute atomic E-state index is 12.5. The average Bonchev–Trinajstić information content (AvgIpc) is 2.94. The second-order valence-electron chi connectivity index (χ2n) is 9.28. The van der Waals surface area contributed by atoms with Gasteiger partial charge in [-0.2, -0.15) is 0 Å². The molecule has 4 rings (SSSR count). The minimum absolute atomic E-state index is 0.213. The van der Waals surface area contributed by atoms with Gasteiger partial charge in [-0.15, -0.1) is 0 Å². The molecule has 0 aliphatic rings. The predicted octanol–water partition coefficient (Wildman–Crippen LogP) is 7.07. The van der Waals surface area contributed by atoms with Gasteiger partial charge in [0, 0.05) is 37.7 Å². The molecule has 0 aliphatic carbocycles. The van der Waals surface area contributed by atoms with Gasteiger partial charge < -0.3 is 5.32 Å². The Morgan fingerprint density at radius 2 is 1.17 bits per heavy atom. The number of ketones is 1. The number of nitrogens with one attached hydrogen (secondary N) is 1. The molecule has 0 spiro atoms. The summed E-state index contributed by atoms with van der Waals surface area (Å²) in [6.45, 7) is 3.63. The van der Waals surface area contributed by atoms with Gasteiger partial charge in [0.05, 0.1) is 0 Å². The second-order valence-corrected chi connectivity index (χ2v) is 9.28. The predicted molar refractivity (Wildman–Crippen MR) is 149 cm³/mol. The van der Waals surface area contributed by atoms with Crippen molar-refractivity contribution in [2.75, 3.05) is 13.1 Å². The van der Waals surface area contributed by atoms with Crippen LogP contribution in [-0.4, -0.2) is 23.8 Å².